The second kappa shape index (κ2) is 11.2. The van der Waals surface area contributed by atoms with Gasteiger partial charge in [0, 0.05) is 29.9 Å². The summed E-state index contributed by atoms with van der Waals surface area (Å²) in [6, 6.07) is 21.8. The summed E-state index contributed by atoms with van der Waals surface area (Å²) in [5.41, 5.74) is 2.38. The van der Waals surface area contributed by atoms with E-state index in [9.17, 15) is 9.18 Å². The van der Waals surface area contributed by atoms with Crippen LogP contribution in [-0.4, -0.2) is 41.9 Å². The predicted octanol–water partition coefficient (Wildman–Crippen LogP) is 5.71. The van der Waals surface area contributed by atoms with Crippen molar-refractivity contribution in [3.63, 3.8) is 0 Å². The van der Waals surface area contributed by atoms with Gasteiger partial charge in [0.2, 0.25) is 11.2 Å². The number of H-pyrrole nitrogens is 1. The van der Waals surface area contributed by atoms with Gasteiger partial charge < -0.3 is 14.4 Å². The molecule has 8 nitrogen and oxygen atoms in total. The van der Waals surface area contributed by atoms with Crippen LogP contribution in [0.25, 0.3) is 11.4 Å². The van der Waals surface area contributed by atoms with Crippen LogP contribution in [0.2, 0.25) is 0 Å². The number of nitrogens with zero attached hydrogens (tertiary/aromatic N) is 3. The number of nitrogens with one attached hydrogen (secondary N) is 2. The number of rotatable bonds is 7. The zero-order valence-corrected chi connectivity index (χ0v) is 22.8. The lowest BCUT2D eigenvalue weighted by Crippen LogP contribution is -2.44. The van der Waals surface area contributed by atoms with Crippen molar-refractivity contribution in [2.45, 2.75) is 35.6 Å². The topological polar surface area (TPSA) is 90.7 Å². The molecule has 6 rings (SSSR count). The molecule has 1 aliphatic heterocycles. The van der Waals surface area contributed by atoms with Crippen LogP contribution in [0, 0.1) is 5.82 Å². The molecule has 10 heteroatoms. The lowest BCUT2D eigenvalue weighted by molar-refractivity contribution is -0.429. The van der Waals surface area contributed by atoms with Crippen LogP contribution in [0.3, 0.4) is 0 Å². The van der Waals surface area contributed by atoms with Crippen molar-refractivity contribution in [1.82, 2.24) is 9.97 Å². The highest BCUT2D eigenvalue weighted by molar-refractivity contribution is 8.00. The van der Waals surface area contributed by atoms with E-state index in [2.05, 4.69) is 28.2 Å². The first-order chi connectivity index (χ1) is 19.5. The van der Waals surface area contributed by atoms with Gasteiger partial charge in [0.1, 0.15) is 11.6 Å². The summed E-state index contributed by atoms with van der Waals surface area (Å²) in [6.07, 6.45) is 2.73. The minimum atomic E-state index is -0.564. The van der Waals surface area contributed by atoms with Gasteiger partial charge >= 0.3 is 6.09 Å². The number of thioether (sulfide) groups is 1. The van der Waals surface area contributed by atoms with Crippen LogP contribution in [0.5, 0.6) is 5.75 Å². The standard InChI is InChI=1S/C30H28FN5O3S/c1-20-19-38-16-15-36(20)26-17-25(30(13-14-30)40-27-12-9-22(31)18-32-27)34-28(35-26)21-7-10-23(11-8-21)33-29(37)39-24-5-3-2-4-6-24/h2-12,17-18,20H,13-16,19H2,1H3,(H,33,37)/p+1/t20-/m0/s1. The van der Waals surface area contributed by atoms with Gasteiger partial charge in [0.25, 0.3) is 0 Å². The molecule has 0 bridgehead atoms. The second-order valence-corrected chi connectivity index (χ2v) is 11.4. The molecule has 2 aliphatic rings. The third kappa shape index (κ3) is 5.93. The molecule has 204 valence electrons. The summed E-state index contributed by atoms with van der Waals surface area (Å²) in [5.74, 6) is 1.64. The number of ether oxygens (including phenoxy) is 2. The van der Waals surface area contributed by atoms with E-state index >= 15 is 0 Å². The van der Waals surface area contributed by atoms with Crippen molar-refractivity contribution in [1.29, 1.82) is 0 Å². The van der Waals surface area contributed by atoms with Crippen LogP contribution < -0.4 is 19.9 Å². The fraction of sp³-hybridized carbons (Fsp3) is 0.267. The van der Waals surface area contributed by atoms with Gasteiger partial charge in [-0.25, -0.2) is 24.1 Å². The number of aromatic amines is 1. The molecular weight excluding hydrogens is 529 g/mol. The van der Waals surface area contributed by atoms with Gasteiger partial charge in [0.05, 0.1) is 29.7 Å². The highest BCUT2D eigenvalue weighted by Gasteiger charge is 2.49. The number of pyridine rings is 1. The van der Waals surface area contributed by atoms with E-state index in [1.165, 1.54) is 12.3 Å². The van der Waals surface area contributed by atoms with Crippen molar-refractivity contribution in [3.8, 4) is 17.1 Å². The number of amides is 1. The van der Waals surface area contributed by atoms with Crippen LogP contribution in [0.15, 0.2) is 84.0 Å². The Morgan fingerprint density at radius 3 is 2.62 bits per heavy atom. The second-order valence-electron chi connectivity index (χ2n) is 9.92. The lowest BCUT2D eigenvalue weighted by atomic mass is 10.1. The number of anilines is 2. The van der Waals surface area contributed by atoms with E-state index in [1.54, 1.807) is 42.1 Å². The monoisotopic (exact) mass is 558 g/mol. The number of para-hydroxylation sites is 1. The lowest BCUT2D eigenvalue weighted by Gasteiger charge is -2.34. The summed E-state index contributed by atoms with van der Waals surface area (Å²) in [6.45, 7) is 4.15. The smallest absolute Gasteiger partial charge is 0.410 e. The van der Waals surface area contributed by atoms with E-state index in [-0.39, 0.29) is 16.6 Å². The fourth-order valence-corrected chi connectivity index (χ4v) is 5.83. The van der Waals surface area contributed by atoms with E-state index in [4.69, 9.17) is 19.4 Å². The molecule has 40 heavy (non-hydrogen) atoms. The fourth-order valence-electron chi connectivity index (χ4n) is 4.64. The molecule has 2 fully saturated rings. The van der Waals surface area contributed by atoms with E-state index in [1.807, 2.05) is 30.3 Å². The molecule has 1 saturated heterocycles. The number of carbonyl (C=O) groups excluding carboxylic acids is 1. The van der Waals surface area contributed by atoms with Gasteiger partial charge in [-0.2, -0.15) is 0 Å². The molecule has 2 N–H and O–H groups in total. The van der Waals surface area contributed by atoms with Gasteiger partial charge in [-0.1, -0.05) is 18.2 Å². The maximum atomic E-state index is 13.5. The molecule has 0 unspecified atom stereocenters. The minimum Gasteiger partial charge on any atom is -0.410 e. The number of halogens is 1. The van der Waals surface area contributed by atoms with Crippen LogP contribution in [-0.2, 0) is 9.48 Å². The Morgan fingerprint density at radius 1 is 1.12 bits per heavy atom. The molecule has 2 aromatic carbocycles. The molecule has 1 aliphatic carbocycles. The summed E-state index contributed by atoms with van der Waals surface area (Å²) in [5, 5.41) is 3.64. The average molecular weight is 559 g/mol. The van der Waals surface area contributed by atoms with E-state index < -0.39 is 6.09 Å². The van der Waals surface area contributed by atoms with Crippen molar-refractivity contribution >= 4 is 29.4 Å². The molecule has 0 radical (unpaired) electrons. The summed E-state index contributed by atoms with van der Waals surface area (Å²) in [4.78, 5) is 27.6. The third-order valence-electron chi connectivity index (χ3n) is 6.94. The predicted molar refractivity (Wildman–Crippen MR) is 151 cm³/mol. The number of carbonyl (C=O) groups is 1. The number of morpholine rings is 1. The quantitative estimate of drug-likeness (QED) is 0.311. The highest BCUT2D eigenvalue weighted by atomic mass is 32.2. The molecular formula is C30H29FN5O3S+. The van der Waals surface area contributed by atoms with Crippen molar-refractivity contribution < 1.29 is 23.6 Å². The number of benzene rings is 2. The molecule has 1 atom stereocenters. The molecule has 2 aromatic heterocycles. The van der Waals surface area contributed by atoms with Crippen LogP contribution in [0.4, 0.5) is 20.7 Å². The zero-order chi connectivity index (χ0) is 27.5. The number of hydrogen-bond acceptors (Lipinski definition) is 7. The highest BCUT2D eigenvalue weighted by Crippen LogP contribution is 2.58. The molecule has 1 amide bonds. The summed E-state index contributed by atoms with van der Waals surface area (Å²) < 4.78 is 24.3. The van der Waals surface area contributed by atoms with Crippen LogP contribution in [0.1, 0.15) is 25.5 Å². The molecule has 0 spiro atoms. The Kier molecular flexibility index (Phi) is 7.36. The third-order valence-corrected chi connectivity index (χ3v) is 8.42. The summed E-state index contributed by atoms with van der Waals surface area (Å²) >= 11 is 1.67. The van der Waals surface area contributed by atoms with Gasteiger partial charge in [0.15, 0.2) is 11.6 Å². The summed E-state index contributed by atoms with van der Waals surface area (Å²) in [7, 11) is 0. The first kappa shape index (κ1) is 26.2. The first-order valence-electron chi connectivity index (χ1n) is 13.2. The number of aromatic nitrogens is 3. The Morgan fingerprint density at radius 2 is 1.93 bits per heavy atom. The largest absolute Gasteiger partial charge is 0.417 e. The van der Waals surface area contributed by atoms with E-state index in [0.717, 1.165) is 41.5 Å². The minimum absolute atomic E-state index is 0.180. The van der Waals surface area contributed by atoms with Crippen LogP contribution >= 0.6 is 11.8 Å². The maximum absolute atomic E-state index is 13.5. The van der Waals surface area contributed by atoms with Gasteiger partial charge in [-0.05, 0) is 74.0 Å². The first-order valence-corrected chi connectivity index (χ1v) is 14.0. The maximum Gasteiger partial charge on any atom is 0.417 e. The van der Waals surface area contributed by atoms with E-state index in [0.29, 0.717) is 30.5 Å². The molecule has 4 aromatic rings. The Hall–Kier alpha value is -4.02. The Bertz CT molecular complexity index is 1480. The van der Waals surface area contributed by atoms with Gasteiger partial charge in [-0.3, -0.25) is 5.32 Å². The normalized spacial score (nSPS) is 17.8. The molecule has 1 saturated carbocycles. The van der Waals surface area contributed by atoms with Gasteiger partial charge in [-0.15, -0.1) is 0 Å². The zero-order valence-electron chi connectivity index (χ0n) is 22.0. The Balaban J connectivity index is 1.27. The van der Waals surface area contributed by atoms with Crippen molar-refractivity contribution in [2.75, 3.05) is 30.0 Å². The van der Waals surface area contributed by atoms with Crippen molar-refractivity contribution in [2.24, 2.45) is 0 Å². The SMILES string of the molecule is C[C@H]1COCCN1c1cc(C2(Sc3ccc(F)c[nH+]3)CC2)nc(-c2ccc(NC(=O)Oc3ccccc3)cc2)n1. The average Bonchev–Trinajstić information content (AvgIpc) is 3.76. The Labute approximate surface area is 236 Å². The van der Waals surface area contributed by atoms with Crippen molar-refractivity contribution in [3.05, 3.63) is 90.5 Å². The molecule has 3 heterocycles. The number of hydrogen-bond donors (Lipinski definition) is 1.